The minimum absolute atomic E-state index is 0.185. The Hall–Kier alpha value is -2.11. The first-order valence-electron chi connectivity index (χ1n) is 31.0. The maximum absolute atomic E-state index is 13.0. The van der Waals surface area contributed by atoms with E-state index in [4.69, 9.17) is 9.47 Å². The summed E-state index contributed by atoms with van der Waals surface area (Å²) >= 11 is 0. The lowest BCUT2D eigenvalue weighted by molar-refractivity contribution is -0.302. The lowest BCUT2D eigenvalue weighted by Gasteiger charge is -2.40. The maximum Gasteiger partial charge on any atom is 0.220 e. The second-order valence-corrected chi connectivity index (χ2v) is 21.5. The Morgan fingerprint density at radius 1 is 0.466 bits per heavy atom. The Labute approximate surface area is 449 Å². The van der Waals surface area contributed by atoms with Crippen LogP contribution in [0.25, 0.3) is 0 Å². The van der Waals surface area contributed by atoms with E-state index >= 15 is 0 Å². The second-order valence-electron chi connectivity index (χ2n) is 21.5. The zero-order valence-corrected chi connectivity index (χ0v) is 47.4. The van der Waals surface area contributed by atoms with Crippen LogP contribution in [-0.4, -0.2) is 87.5 Å². The average molecular weight is 1030 g/mol. The molecule has 7 unspecified atom stereocenters. The number of carbonyl (C=O) groups excluding carboxylic acids is 1. The summed E-state index contributed by atoms with van der Waals surface area (Å²) in [6.07, 6.45) is 66.1. The average Bonchev–Trinajstić information content (AvgIpc) is 3.39. The van der Waals surface area contributed by atoms with Gasteiger partial charge in [0, 0.05) is 6.42 Å². The fraction of sp³-hybridized carbons (Fsp3) is 0.828. The van der Waals surface area contributed by atoms with Crippen molar-refractivity contribution in [3.05, 3.63) is 60.8 Å². The maximum atomic E-state index is 13.0. The number of unbranched alkanes of at least 4 members (excludes halogenated alkanes) is 35. The number of hydrogen-bond donors (Lipinski definition) is 6. The predicted molar refractivity (Wildman–Crippen MR) is 309 cm³/mol. The number of aliphatic hydroxyl groups excluding tert-OH is 5. The van der Waals surface area contributed by atoms with Gasteiger partial charge in [0.1, 0.15) is 24.4 Å². The minimum Gasteiger partial charge on any atom is -0.394 e. The van der Waals surface area contributed by atoms with E-state index in [1.165, 1.54) is 212 Å². The Morgan fingerprint density at radius 3 is 1.25 bits per heavy atom. The Balaban J connectivity index is 2.07. The van der Waals surface area contributed by atoms with Gasteiger partial charge in [0.25, 0.3) is 0 Å². The summed E-state index contributed by atoms with van der Waals surface area (Å²) in [5.41, 5.74) is 0. The summed E-state index contributed by atoms with van der Waals surface area (Å²) < 4.78 is 11.2. The normalized spacial score (nSPS) is 19.5. The molecule has 426 valence electrons. The fourth-order valence-electron chi connectivity index (χ4n) is 9.65. The highest BCUT2D eigenvalue weighted by Gasteiger charge is 2.44. The molecule has 1 saturated heterocycles. The highest BCUT2D eigenvalue weighted by molar-refractivity contribution is 5.76. The van der Waals surface area contributed by atoms with Crippen molar-refractivity contribution in [3.63, 3.8) is 0 Å². The number of hydrogen-bond acceptors (Lipinski definition) is 8. The van der Waals surface area contributed by atoms with Crippen LogP contribution in [-0.2, 0) is 14.3 Å². The van der Waals surface area contributed by atoms with Crippen LogP contribution in [0, 0.1) is 0 Å². The Kier molecular flexibility index (Phi) is 50.3. The molecule has 73 heavy (non-hydrogen) atoms. The van der Waals surface area contributed by atoms with Crippen LogP contribution in [0.2, 0.25) is 0 Å². The molecule has 0 aliphatic carbocycles. The summed E-state index contributed by atoms with van der Waals surface area (Å²) in [4.78, 5) is 13.0. The van der Waals surface area contributed by atoms with Crippen LogP contribution in [0.3, 0.4) is 0 Å². The van der Waals surface area contributed by atoms with Crippen molar-refractivity contribution < 1.29 is 39.8 Å². The SMILES string of the molecule is CCCCCCC/C=C\C/C=C\C/C=C\CCCCCCCCCCCCCCCCCCCCCCCCC(=O)NC(COC1OC(CO)C(O)C(O)C1O)C(O)/C=C/CC/C=C/CCCCCCCCC. The molecule has 1 rings (SSSR count). The van der Waals surface area contributed by atoms with Crippen molar-refractivity contribution in [2.45, 2.75) is 326 Å². The van der Waals surface area contributed by atoms with E-state index in [1.54, 1.807) is 6.08 Å². The Bertz CT molecular complexity index is 1330. The molecule has 1 heterocycles. The monoisotopic (exact) mass is 1030 g/mol. The molecule has 0 spiro atoms. The van der Waals surface area contributed by atoms with E-state index in [0.717, 1.165) is 51.4 Å². The molecule has 0 aromatic rings. The van der Waals surface area contributed by atoms with Crippen LogP contribution in [0.1, 0.15) is 284 Å². The largest absolute Gasteiger partial charge is 0.394 e. The Morgan fingerprint density at radius 2 is 0.822 bits per heavy atom. The van der Waals surface area contributed by atoms with Crippen molar-refractivity contribution >= 4 is 5.91 Å². The molecule has 0 aromatic heterocycles. The van der Waals surface area contributed by atoms with Crippen molar-refractivity contribution in [1.82, 2.24) is 5.32 Å². The second kappa shape index (κ2) is 53.3. The molecule has 1 fully saturated rings. The third-order valence-electron chi connectivity index (χ3n) is 14.6. The topological polar surface area (TPSA) is 149 Å². The van der Waals surface area contributed by atoms with E-state index in [-0.39, 0.29) is 12.5 Å². The molecule has 1 aliphatic heterocycles. The number of nitrogens with one attached hydrogen (secondary N) is 1. The van der Waals surface area contributed by atoms with E-state index in [2.05, 4.69) is 67.8 Å². The summed E-state index contributed by atoms with van der Waals surface area (Å²) in [5, 5.41) is 54.4. The van der Waals surface area contributed by atoms with Gasteiger partial charge in [0.05, 0.1) is 25.4 Å². The standard InChI is InChI=1S/C64H117NO8/c1-3-5-7-9-11-13-15-17-18-19-20-21-22-23-24-25-26-27-28-29-30-31-32-33-34-35-36-37-38-39-40-42-44-46-48-50-52-54-60(68)65-57(56-72-64-63(71)62(70)61(69)59(55-66)73-64)58(67)53-51-49-47-45-43-41-16-14-12-10-8-6-4-2/h15,17,19-20,22-23,43,45,51,53,57-59,61-64,66-67,69-71H,3-14,16,18,21,24-42,44,46-50,52,54-56H2,1-2H3,(H,65,68)/b17-15-,20-19-,23-22-,45-43+,53-51+. The van der Waals surface area contributed by atoms with Crippen molar-refractivity contribution in [2.24, 2.45) is 0 Å². The van der Waals surface area contributed by atoms with Crippen molar-refractivity contribution in [1.29, 1.82) is 0 Å². The van der Waals surface area contributed by atoms with Crippen LogP contribution in [0.15, 0.2) is 60.8 Å². The van der Waals surface area contributed by atoms with Gasteiger partial charge in [-0.25, -0.2) is 0 Å². The van der Waals surface area contributed by atoms with Gasteiger partial charge in [0.15, 0.2) is 6.29 Å². The lowest BCUT2D eigenvalue weighted by atomic mass is 9.99. The number of allylic oxidation sites excluding steroid dienone is 9. The number of rotatable bonds is 53. The quantitative estimate of drug-likeness (QED) is 0.0261. The van der Waals surface area contributed by atoms with Gasteiger partial charge >= 0.3 is 0 Å². The first-order chi connectivity index (χ1) is 35.8. The summed E-state index contributed by atoms with van der Waals surface area (Å²) in [6.45, 7) is 3.75. The third kappa shape index (κ3) is 42.7. The molecule has 7 atom stereocenters. The van der Waals surface area contributed by atoms with Gasteiger partial charge in [-0.3, -0.25) is 4.79 Å². The van der Waals surface area contributed by atoms with Gasteiger partial charge in [0.2, 0.25) is 5.91 Å². The van der Waals surface area contributed by atoms with E-state index in [9.17, 15) is 30.3 Å². The molecule has 0 aromatic carbocycles. The highest BCUT2D eigenvalue weighted by Crippen LogP contribution is 2.23. The molecule has 1 aliphatic rings. The van der Waals surface area contributed by atoms with Gasteiger partial charge in [-0.1, -0.05) is 267 Å². The summed E-state index contributed by atoms with van der Waals surface area (Å²) in [5.74, 6) is -0.185. The van der Waals surface area contributed by atoms with Crippen LogP contribution in [0.5, 0.6) is 0 Å². The highest BCUT2D eigenvalue weighted by atomic mass is 16.7. The molecule has 6 N–H and O–H groups in total. The van der Waals surface area contributed by atoms with Crippen LogP contribution < -0.4 is 5.32 Å². The van der Waals surface area contributed by atoms with Crippen molar-refractivity contribution in [2.75, 3.05) is 13.2 Å². The molecular formula is C64H117NO8. The molecule has 0 saturated carbocycles. The molecule has 0 bridgehead atoms. The van der Waals surface area contributed by atoms with Crippen LogP contribution >= 0.6 is 0 Å². The fourth-order valence-corrected chi connectivity index (χ4v) is 9.65. The van der Waals surface area contributed by atoms with Crippen LogP contribution in [0.4, 0.5) is 0 Å². The summed E-state index contributed by atoms with van der Waals surface area (Å²) in [7, 11) is 0. The number of amides is 1. The zero-order valence-electron chi connectivity index (χ0n) is 47.4. The molecule has 1 amide bonds. The van der Waals surface area contributed by atoms with E-state index in [1.807, 2.05) is 6.08 Å². The molecule has 9 heteroatoms. The number of carbonyl (C=O) groups is 1. The first-order valence-corrected chi connectivity index (χ1v) is 31.0. The number of aliphatic hydroxyl groups is 5. The number of ether oxygens (including phenoxy) is 2. The van der Waals surface area contributed by atoms with Gasteiger partial charge < -0.3 is 40.3 Å². The van der Waals surface area contributed by atoms with E-state index in [0.29, 0.717) is 6.42 Å². The molecule has 0 radical (unpaired) electrons. The smallest absolute Gasteiger partial charge is 0.220 e. The van der Waals surface area contributed by atoms with E-state index < -0.39 is 49.5 Å². The third-order valence-corrected chi connectivity index (χ3v) is 14.6. The summed E-state index contributed by atoms with van der Waals surface area (Å²) in [6, 6.07) is -0.821. The molecular weight excluding hydrogens is 911 g/mol. The van der Waals surface area contributed by atoms with Crippen molar-refractivity contribution in [3.8, 4) is 0 Å². The van der Waals surface area contributed by atoms with Gasteiger partial charge in [-0.05, 0) is 70.6 Å². The minimum atomic E-state index is -1.57. The van der Waals surface area contributed by atoms with Gasteiger partial charge in [-0.15, -0.1) is 0 Å². The predicted octanol–water partition coefficient (Wildman–Crippen LogP) is 15.9. The lowest BCUT2D eigenvalue weighted by Crippen LogP contribution is -2.60. The first kappa shape index (κ1) is 68.9. The molecule has 9 nitrogen and oxygen atoms in total. The zero-order chi connectivity index (χ0) is 52.9. The van der Waals surface area contributed by atoms with Gasteiger partial charge in [-0.2, -0.15) is 0 Å².